The normalized spacial score (nSPS) is 21.1. The molecule has 1 aromatic heterocycles. The van der Waals surface area contributed by atoms with E-state index in [1.54, 1.807) is 22.6 Å². The van der Waals surface area contributed by atoms with E-state index >= 15 is 0 Å². The summed E-state index contributed by atoms with van der Waals surface area (Å²) in [6.45, 7) is -1.08. The van der Waals surface area contributed by atoms with E-state index in [0.717, 1.165) is 18.4 Å². The van der Waals surface area contributed by atoms with E-state index in [-0.39, 0.29) is 40.8 Å². The summed E-state index contributed by atoms with van der Waals surface area (Å²) in [6, 6.07) is 12.1. The molecule has 1 fully saturated rings. The number of aromatic nitrogens is 2. The molecule has 0 saturated heterocycles. The summed E-state index contributed by atoms with van der Waals surface area (Å²) in [5, 5.41) is 8.96. The third-order valence-electron chi connectivity index (χ3n) is 6.56. The van der Waals surface area contributed by atoms with E-state index < -0.39 is 6.61 Å². The van der Waals surface area contributed by atoms with Gasteiger partial charge in [0.2, 0.25) is 0 Å². The summed E-state index contributed by atoms with van der Waals surface area (Å²) in [6.07, 6.45) is 2.16. The molecule has 0 N–H and O–H groups in total. The lowest BCUT2D eigenvalue weighted by molar-refractivity contribution is -0.0498. The lowest BCUT2D eigenvalue weighted by Crippen LogP contribution is -2.30. The van der Waals surface area contributed by atoms with Crippen LogP contribution < -0.4 is 4.74 Å². The molecule has 5 rings (SSSR count). The van der Waals surface area contributed by atoms with Crippen LogP contribution in [0.2, 0.25) is 0 Å². The van der Waals surface area contributed by atoms with Gasteiger partial charge in [0.05, 0.1) is 28.7 Å². The van der Waals surface area contributed by atoms with Gasteiger partial charge in [-0.25, -0.2) is 4.98 Å². The number of ether oxygens (including phenoxy) is 1. The Morgan fingerprint density at radius 3 is 2.74 bits per heavy atom. The average Bonchev–Trinajstić information content (AvgIpc) is 3.11. The van der Waals surface area contributed by atoms with Crippen molar-refractivity contribution in [2.24, 2.45) is 11.8 Å². The maximum atomic E-state index is 13.3. The Hall–Kier alpha value is -3.91. The Labute approximate surface area is 195 Å². The van der Waals surface area contributed by atoms with Gasteiger partial charge in [0.25, 0.3) is 5.91 Å². The molecule has 1 unspecified atom stereocenters. The zero-order valence-electron chi connectivity index (χ0n) is 18.8. The Balaban J connectivity index is 1.71. The van der Waals surface area contributed by atoms with Crippen molar-refractivity contribution < 1.29 is 18.3 Å². The number of nitriles is 1. The number of nitrogens with zero attached hydrogens (tertiary/aromatic N) is 4. The van der Waals surface area contributed by atoms with Gasteiger partial charge in [-0.15, -0.1) is 0 Å². The van der Waals surface area contributed by atoms with Crippen molar-refractivity contribution in [1.82, 2.24) is 14.5 Å². The number of carbonyl (C=O) groups is 1. The van der Waals surface area contributed by atoms with Crippen molar-refractivity contribution in [3.05, 3.63) is 53.3 Å². The van der Waals surface area contributed by atoms with E-state index in [9.17, 15) is 13.6 Å². The maximum absolute atomic E-state index is 13.3. The van der Waals surface area contributed by atoms with Crippen LogP contribution in [0.4, 0.5) is 8.78 Å². The van der Waals surface area contributed by atoms with Crippen LogP contribution in [0.1, 0.15) is 54.0 Å². The monoisotopic (exact) mass is 460 g/mol. The van der Waals surface area contributed by atoms with E-state index in [1.165, 1.54) is 12.1 Å². The quantitative estimate of drug-likeness (QED) is 0.512. The first kappa shape index (κ1) is 21.9. The Bertz CT molecular complexity index is 1390. The zero-order chi connectivity index (χ0) is 24.0. The molecule has 0 spiro atoms. The topological polar surface area (TPSA) is 71.1 Å². The molecule has 0 bridgehead atoms. The number of amides is 1. The van der Waals surface area contributed by atoms with Gasteiger partial charge in [-0.3, -0.25) is 9.36 Å². The lowest BCUT2D eigenvalue weighted by Gasteiger charge is -2.25. The molecule has 2 aliphatic rings. The number of hydrogen-bond acceptors (Lipinski definition) is 4. The van der Waals surface area contributed by atoms with Crippen LogP contribution in [0.3, 0.4) is 0 Å². The van der Waals surface area contributed by atoms with Crippen molar-refractivity contribution in [2.45, 2.75) is 38.8 Å². The Kier molecular flexibility index (Phi) is 5.45. The number of rotatable bonds is 3. The number of benzene rings is 2. The molecule has 1 saturated carbocycles. The second-order valence-electron chi connectivity index (χ2n) is 8.64. The molecule has 6 nitrogen and oxygen atoms in total. The predicted octanol–water partition coefficient (Wildman–Crippen LogP) is 5.06. The fourth-order valence-electron chi connectivity index (χ4n) is 4.73. The van der Waals surface area contributed by atoms with Gasteiger partial charge in [0.15, 0.2) is 5.75 Å². The summed E-state index contributed by atoms with van der Waals surface area (Å²) in [4.78, 5) is 19.7. The van der Waals surface area contributed by atoms with Crippen molar-refractivity contribution in [3.8, 4) is 29.3 Å². The number of imidazole rings is 1. The Morgan fingerprint density at radius 2 is 2.03 bits per heavy atom. The highest BCUT2D eigenvalue weighted by molar-refractivity contribution is 6.00. The van der Waals surface area contributed by atoms with Crippen molar-refractivity contribution >= 4 is 16.9 Å². The summed E-state index contributed by atoms with van der Waals surface area (Å²) in [7, 11) is 1.69. The van der Waals surface area contributed by atoms with Crippen LogP contribution in [0.25, 0.3) is 16.7 Å². The van der Waals surface area contributed by atoms with E-state index in [4.69, 9.17) is 15.0 Å². The second-order valence-corrected chi connectivity index (χ2v) is 8.64. The van der Waals surface area contributed by atoms with Crippen molar-refractivity contribution in [3.63, 3.8) is 0 Å². The Morgan fingerprint density at radius 1 is 1.24 bits per heavy atom. The number of carbonyl (C=O) groups excluding carboxylic acids is 1. The summed E-state index contributed by atoms with van der Waals surface area (Å²) >= 11 is 0. The fourth-order valence-corrected chi connectivity index (χ4v) is 4.73. The first-order chi connectivity index (χ1) is 16.4. The third-order valence-corrected chi connectivity index (χ3v) is 6.56. The van der Waals surface area contributed by atoms with Gasteiger partial charge in [-0.05, 0) is 49.6 Å². The van der Waals surface area contributed by atoms with Crippen molar-refractivity contribution in [2.75, 3.05) is 7.05 Å². The highest BCUT2D eigenvalue weighted by atomic mass is 19.3. The first-order valence-electron chi connectivity index (χ1n) is 11.2. The highest BCUT2D eigenvalue weighted by Gasteiger charge is 2.35. The number of halogens is 2. The van der Waals surface area contributed by atoms with Gasteiger partial charge in [0.1, 0.15) is 11.5 Å². The van der Waals surface area contributed by atoms with E-state index in [0.29, 0.717) is 23.3 Å². The minimum Gasteiger partial charge on any atom is -0.433 e. The van der Waals surface area contributed by atoms with Gasteiger partial charge in [-0.2, -0.15) is 14.0 Å². The minimum absolute atomic E-state index is 0.0811. The molecule has 172 valence electrons. The summed E-state index contributed by atoms with van der Waals surface area (Å²) in [5.74, 6) is 6.90. The number of hydrogen-bond donors (Lipinski definition) is 0. The van der Waals surface area contributed by atoms with Crippen LogP contribution in [0, 0.1) is 35.0 Å². The highest BCUT2D eigenvalue weighted by Crippen LogP contribution is 2.40. The first-order valence-corrected chi connectivity index (χ1v) is 11.2. The molecule has 1 atom stereocenters. The molecular formula is C26H22F2N4O2. The van der Waals surface area contributed by atoms with Crippen LogP contribution >= 0.6 is 0 Å². The smallest absolute Gasteiger partial charge is 0.387 e. The van der Waals surface area contributed by atoms with Crippen LogP contribution in [-0.2, 0) is 0 Å². The van der Waals surface area contributed by atoms with Gasteiger partial charge >= 0.3 is 6.61 Å². The van der Waals surface area contributed by atoms with Crippen molar-refractivity contribution in [1.29, 1.82) is 5.26 Å². The fraction of sp³-hybridized carbons (Fsp3) is 0.346. The molecule has 1 amide bonds. The van der Waals surface area contributed by atoms with E-state index in [1.807, 2.05) is 25.1 Å². The van der Waals surface area contributed by atoms with E-state index in [2.05, 4.69) is 17.9 Å². The van der Waals surface area contributed by atoms with Crippen LogP contribution in [-0.4, -0.2) is 34.0 Å². The molecular weight excluding hydrogens is 438 g/mol. The van der Waals surface area contributed by atoms with Gasteiger partial charge < -0.3 is 9.64 Å². The second kappa shape index (κ2) is 8.46. The largest absolute Gasteiger partial charge is 0.433 e. The molecule has 8 heteroatoms. The number of para-hydroxylation sites is 1. The number of alkyl halides is 2. The van der Waals surface area contributed by atoms with Crippen LogP contribution in [0.5, 0.6) is 5.75 Å². The molecule has 0 radical (unpaired) electrons. The molecule has 1 aliphatic heterocycles. The SMILES string of the molecule is CCC1c2nc3ccc(C#CC4CC(C#N)C4)cc3n2-c2c(OC(F)F)cccc2C(=O)N1C. The summed E-state index contributed by atoms with van der Waals surface area (Å²) < 4.78 is 33.2. The van der Waals surface area contributed by atoms with Gasteiger partial charge in [-0.1, -0.05) is 24.8 Å². The minimum atomic E-state index is -3.04. The van der Waals surface area contributed by atoms with Gasteiger partial charge in [0, 0.05) is 24.4 Å². The number of fused-ring (bicyclic) bond motifs is 5. The third kappa shape index (κ3) is 3.56. The molecule has 3 aromatic rings. The summed E-state index contributed by atoms with van der Waals surface area (Å²) in [5.41, 5.74) is 2.62. The average molecular weight is 460 g/mol. The standard InChI is InChI=1S/C26H22F2N4O2/c1-3-20-24-30-19-10-9-15(7-8-16-11-17(12-16)14-29)13-21(19)32(24)23-18(25(33)31(20)2)5-4-6-22(23)34-26(27)28/h4-6,9-10,13,16-17,20,26H,3,11-12H2,1-2H3. The zero-order valence-corrected chi connectivity index (χ0v) is 18.8. The van der Waals surface area contributed by atoms with Crippen LogP contribution in [0.15, 0.2) is 36.4 Å². The predicted molar refractivity (Wildman–Crippen MR) is 122 cm³/mol. The molecule has 2 heterocycles. The lowest BCUT2D eigenvalue weighted by atomic mass is 9.76. The molecule has 2 aromatic carbocycles. The molecule has 1 aliphatic carbocycles. The maximum Gasteiger partial charge on any atom is 0.387 e. The molecule has 34 heavy (non-hydrogen) atoms.